The minimum atomic E-state index is 0.223. The zero-order valence-electron chi connectivity index (χ0n) is 9.91. The molecule has 1 N–H and O–H groups in total. The maximum atomic E-state index is 11.8. The van der Waals surface area contributed by atoms with Gasteiger partial charge in [0.05, 0.1) is 19.8 Å². The molecular weight excluding hydrogens is 204 g/mol. The summed E-state index contributed by atoms with van der Waals surface area (Å²) in [6, 6.07) is 0. The van der Waals surface area contributed by atoms with E-state index >= 15 is 0 Å². The summed E-state index contributed by atoms with van der Waals surface area (Å²) in [5, 5.41) is 3.29. The molecule has 0 bridgehead atoms. The molecular formula is C12H22N2O2. The lowest BCUT2D eigenvalue weighted by Crippen LogP contribution is -2.45. The van der Waals surface area contributed by atoms with E-state index in [1.165, 1.54) is 25.7 Å². The number of nitrogens with one attached hydrogen (secondary N) is 1. The highest BCUT2D eigenvalue weighted by molar-refractivity contribution is 5.78. The summed E-state index contributed by atoms with van der Waals surface area (Å²) in [7, 11) is 0. The largest absolute Gasteiger partial charge is 0.378 e. The molecule has 0 unspecified atom stereocenters. The fourth-order valence-electron chi connectivity index (χ4n) is 2.52. The Bertz CT molecular complexity index is 221. The molecule has 0 radical (unpaired) electrons. The average molecular weight is 226 g/mol. The lowest BCUT2D eigenvalue weighted by atomic mass is 10.1. The van der Waals surface area contributed by atoms with Gasteiger partial charge in [0.15, 0.2) is 0 Å². The van der Waals surface area contributed by atoms with Crippen LogP contribution in [-0.4, -0.2) is 50.2 Å². The van der Waals surface area contributed by atoms with Crippen molar-refractivity contribution in [2.24, 2.45) is 5.92 Å². The second kappa shape index (κ2) is 6.21. The lowest BCUT2D eigenvalue weighted by molar-refractivity contribution is -0.134. The molecule has 92 valence electrons. The Morgan fingerprint density at radius 1 is 1.25 bits per heavy atom. The van der Waals surface area contributed by atoms with Crippen molar-refractivity contribution < 1.29 is 9.53 Å². The molecule has 4 heteroatoms. The maximum Gasteiger partial charge on any atom is 0.236 e. The molecule has 1 heterocycles. The van der Waals surface area contributed by atoms with E-state index in [1.807, 2.05) is 4.90 Å². The van der Waals surface area contributed by atoms with Crippen molar-refractivity contribution in [2.75, 3.05) is 39.4 Å². The SMILES string of the molecule is O=C(CNCC1CCCC1)N1CCOCC1. The first-order valence-corrected chi connectivity index (χ1v) is 6.42. The van der Waals surface area contributed by atoms with Crippen molar-refractivity contribution >= 4 is 5.91 Å². The molecule has 2 fully saturated rings. The highest BCUT2D eigenvalue weighted by Crippen LogP contribution is 2.23. The summed E-state index contributed by atoms with van der Waals surface area (Å²) >= 11 is 0. The van der Waals surface area contributed by atoms with Gasteiger partial charge in [0, 0.05) is 13.1 Å². The predicted molar refractivity (Wildman–Crippen MR) is 62.2 cm³/mol. The minimum absolute atomic E-state index is 0.223. The van der Waals surface area contributed by atoms with E-state index in [4.69, 9.17) is 4.74 Å². The van der Waals surface area contributed by atoms with Crippen LogP contribution in [-0.2, 0) is 9.53 Å². The quantitative estimate of drug-likeness (QED) is 0.764. The van der Waals surface area contributed by atoms with Gasteiger partial charge in [-0.05, 0) is 25.3 Å². The Kier molecular flexibility index (Phi) is 4.60. The van der Waals surface area contributed by atoms with E-state index in [1.54, 1.807) is 0 Å². The molecule has 16 heavy (non-hydrogen) atoms. The molecule has 1 aliphatic heterocycles. The van der Waals surface area contributed by atoms with Gasteiger partial charge in [0.25, 0.3) is 0 Å². The van der Waals surface area contributed by atoms with Crippen LogP contribution in [0.4, 0.5) is 0 Å². The highest BCUT2D eigenvalue weighted by Gasteiger charge is 2.18. The maximum absolute atomic E-state index is 11.8. The summed E-state index contributed by atoms with van der Waals surface area (Å²) in [4.78, 5) is 13.7. The highest BCUT2D eigenvalue weighted by atomic mass is 16.5. The van der Waals surface area contributed by atoms with Crippen LogP contribution in [0.2, 0.25) is 0 Å². The Balaban J connectivity index is 1.59. The fourth-order valence-corrected chi connectivity index (χ4v) is 2.52. The van der Waals surface area contributed by atoms with Gasteiger partial charge in [0.1, 0.15) is 0 Å². The van der Waals surface area contributed by atoms with Crippen molar-refractivity contribution in [2.45, 2.75) is 25.7 Å². The van der Waals surface area contributed by atoms with Crippen molar-refractivity contribution in [3.8, 4) is 0 Å². The number of carbonyl (C=O) groups is 1. The number of amides is 1. The molecule has 0 aromatic rings. The van der Waals surface area contributed by atoms with Crippen molar-refractivity contribution in [3.63, 3.8) is 0 Å². The lowest BCUT2D eigenvalue weighted by Gasteiger charge is -2.27. The number of morpholine rings is 1. The number of hydrogen-bond acceptors (Lipinski definition) is 3. The molecule has 0 atom stereocenters. The van der Waals surface area contributed by atoms with Gasteiger partial charge in [-0.25, -0.2) is 0 Å². The first-order chi connectivity index (χ1) is 7.86. The van der Waals surface area contributed by atoms with Gasteiger partial charge in [-0.3, -0.25) is 4.79 Å². The monoisotopic (exact) mass is 226 g/mol. The van der Waals surface area contributed by atoms with Gasteiger partial charge >= 0.3 is 0 Å². The van der Waals surface area contributed by atoms with Crippen LogP contribution in [0.1, 0.15) is 25.7 Å². The van der Waals surface area contributed by atoms with E-state index in [9.17, 15) is 4.79 Å². The molecule has 1 amide bonds. The number of carbonyl (C=O) groups excluding carboxylic acids is 1. The Labute approximate surface area is 97.3 Å². The van der Waals surface area contributed by atoms with Gasteiger partial charge in [0.2, 0.25) is 5.91 Å². The molecule has 4 nitrogen and oxygen atoms in total. The summed E-state index contributed by atoms with van der Waals surface area (Å²) in [6.07, 6.45) is 5.39. The van der Waals surface area contributed by atoms with E-state index < -0.39 is 0 Å². The van der Waals surface area contributed by atoms with Crippen LogP contribution in [0.15, 0.2) is 0 Å². The number of hydrogen-bond donors (Lipinski definition) is 1. The van der Waals surface area contributed by atoms with Crippen LogP contribution in [0.3, 0.4) is 0 Å². The zero-order chi connectivity index (χ0) is 11.2. The molecule has 1 saturated carbocycles. The van der Waals surface area contributed by atoms with Crippen LogP contribution >= 0.6 is 0 Å². The van der Waals surface area contributed by atoms with Crippen molar-refractivity contribution in [3.05, 3.63) is 0 Å². The first kappa shape index (κ1) is 11.9. The Morgan fingerprint density at radius 3 is 2.62 bits per heavy atom. The molecule has 0 aromatic carbocycles. The molecule has 1 aliphatic carbocycles. The van der Waals surface area contributed by atoms with Gasteiger partial charge in [-0.2, -0.15) is 0 Å². The molecule has 1 saturated heterocycles. The van der Waals surface area contributed by atoms with Crippen molar-refractivity contribution in [1.29, 1.82) is 0 Å². The van der Waals surface area contributed by atoms with Crippen LogP contribution in [0, 0.1) is 5.92 Å². The summed E-state index contributed by atoms with van der Waals surface area (Å²) in [5.74, 6) is 1.03. The van der Waals surface area contributed by atoms with E-state index in [0.29, 0.717) is 19.8 Å². The Hall–Kier alpha value is -0.610. The van der Waals surface area contributed by atoms with Gasteiger partial charge in [-0.1, -0.05) is 12.8 Å². The molecule has 0 aromatic heterocycles. The van der Waals surface area contributed by atoms with Crippen LogP contribution < -0.4 is 5.32 Å². The minimum Gasteiger partial charge on any atom is -0.378 e. The molecule has 2 aliphatic rings. The smallest absolute Gasteiger partial charge is 0.236 e. The molecule has 0 spiro atoms. The second-order valence-electron chi connectivity index (χ2n) is 4.77. The first-order valence-electron chi connectivity index (χ1n) is 6.42. The van der Waals surface area contributed by atoms with E-state index in [0.717, 1.165) is 25.6 Å². The normalized spacial score (nSPS) is 22.6. The van der Waals surface area contributed by atoms with Crippen molar-refractivity contribution in [1.82, 2.24) is 10.2 Å². The number of ether oxygens (including phenoxy) is 1. The number of nitrogens with zero attached hydrogens (tertiary/aromatic N) is 1. The van der Waals surface area contributed by atoms with Crippen LogP contribution in [0.25, 0.3) is 0 Å². The number of rotatable bonds is 4. The Morgan fingerprint density at radius 2 is 1.94 bits per heavy atom. The predicted octanol–water partition coefficient (Wildman–Crippen LogP) is 0.625. The fraction of sp³-hybridized carbons (Fsp3) is 0.917. The third-order valence-electron chi connectivity index (χ3n) is 3.55. The van der Waals surface area contributed by atoms with Crippen LogP contribution in [0.5, 0.6) is 0 Å². The summed E-state index contributed by atoms with van der Waals surface area (Å²) in [6.45, 7) is 4.39. The summed E-state index contributed by atoms with van der Waals surface area (Å²) < 4.78 is 5.22. The van der Waals surface area contributed by atoms with Gasteiger partial charge < -0.3 is 15.0 Å². The third kappa shape index (κ3) is 3.46. The van der Waals surface area contributed by atoms with E-state index in [2.05, 4.69) is 5.32 Å². The summed E-state index contributed by atoms with van der Waals surface area (Å²) in [5.41, 5.74) is 0. The van der Waals surface area contributed by atoms with Gasteiger partial charge in [-0.15, -0.1) is 0 Å². The standard InChI is InChI=1S/C12H22N2O2/c15-12(14-5-7-16-8-6-14)10-13-9-11-3-1-2-4-11/h11,13H,1-10H2. The van der Waals surface area contributed by atoms with E-state index in [-0.39, 0.29) is 5.91 Å². The zero-order valence-corrected chi connectivity index (χ0v) is 9.91. The topological polar surface area (TPSA) is 41.6 Å². The average Bonchev–Trinajstić information content (AvgIpc) is 2.83. The second-order valence-corrected chi connectivity index (χ2v) is 4.77. The molecule has 2 rings (SSSR count). The third-order valence-corrected chi connectivity index (χ3v) is 3.55.